The number of hydrogen-bond donors (Lipinski definition) is 0. The Kier molecular flexibility index (Phi) is 4.70. The summed E-state index contributed by atoms with van der Waals surface area (Å²) in [7, 11) is 0. The van der Waals surface area contributed by atoms with E-state index >= 15 is 0 Å². The number of anilines is 1. The number of rotatable bonds is 4. The summed E-state index contributed by atoms with van der Waals surface area (Å²) < 4.78 is 5.52. The molecule has 0 bridgehead atoms. The Morgan fingerprint density at radius 3 is 2.80 bits per heavy atom. The highest BCUT2D eigenvalue weighted by Crippen LogP contribution is 2.32. The predicted molar refractivity (Wildman–Crippen MR) is 95.0 cm³/mol. The second-order valence-electron chi connectivity index (χ2n) is 6.25. The highest BCUT2D eigenvalue weighted by atomic mass is 16.6. The van der Waals surface area contributed by atoms with Gasteiger partial charge in [0.15, 0.2) is 12.4 Å². The van der Waals surface area contributed by atoms with Gasteiger partial charge in [0.2, 0.25) is 0 Å². The van der Waals surface area contributed by atoms with Gasteiger partial charge in [-0.1, -0.05) is 30.3 Å². The first-order chi connectivity index (χ1) is 12.0. The Labute approximate surface area is 146 Å². The van der Waals surface area contributed by atoms with E-state index in [0.29, 0.717) is 5.56 Å². The maximum absolute atomic E-state index is 12.7. The van der Waals surface area contributed by atoms with Crippen LogP contribution in [0, 0.1) is 17.0 Å². The van der Waals surface area contributed by atoms with Crippen LogP contribution >= 0.6 is 0 Å². The predicted octanol–water partition coefficient (Wildman–Crippen LogP) is 3.65. The maximum Gasteiger partial charge on any atom is 0.313 e. The lowest BCUT2D eigenvalue weighted by Gasteiger charge is -2.35. The van der Waals surface area contributed by atoms with Crippen LogP contribution in [0.2, 0.25) is 0 Å². The lowest BCUT2D eigenvalue weighted by atomic mass is 9.96. The van der Waals surface area contributed by atoms with Crippen molar-refractivity contribution in [2.75, 3.05) is 11.5 Å². The van der Waals surface area contributed by atoms with Gasteiger partial charge < -0.3 is 9.64 Å². The molecule has 25 heavy (non-hydrogen) atoms. The molecular formula is C19H20N2O4. The van der Waals surface area contributed by atoms with Crippen LogP contribution in [-0.4, -0.2) is 23.5 Å². The third-order valence-corrected chi connectivity index (χ3v) is 4.53. The van der Waals surface area contributed by atoms with Crippen LogP contribution in [0.3, 0.4) is 0 Å². The van der Waals surface area contributed by atoms with Crippen molar-refractivity contribution in [1.82, 2.24) is 0 Å². The first-order valence-corrected chi connectivity index (χ1v) is 8.26. The standard InChI is InChI=1S/C19H20N2O4/c1-13-6-5-9-17(19(13)21(23)24)25-12-18(22)20-14(2)10-11-15-7-3-4-8-16(15)20/h3-9,14H,10-12H2,1-2H3. The minimum absolute atomic E-state index is 0.0681. The number of carbonyl (C=O) groups is 1. The topological polar surface area (TPSA) is 72.7 Å². The Hall–Kier alpha value is -2.89. The summed E-state index contributed by atoms with van der Waals surface area (Å²) in [5, 5.41) is 11.2. The molecule has 2 aromatic rings. The molecule has 1 heterocycles. The lowest BCUT2D eigenvalue weighted by Crippen LogP contribution is -2.44. The first-order valence-electron chi connectivity index (χ1n) is 8.26. The van der Waals surface area contributed by atoms with Crippen molar-refractivity contribution >= 4 is 17.3 Å². The van der Waals surface area contributed by atoms with Gasteiger partial charge in [-0.25, -0.2) is 0 Å². The summed E-state index contributed by atoms with van der Waals surface area (Å²) in [6, 6.07) is 12.7. The number of nitrogens with zero attached hydrogens (tertiary/aromatic N) is 2. The Bertz CT molecular complexity index is 819. The zero-order chi connectivity index (χ0) is 18.0. The molecule has 0 N–H and O–H groups in total. The molecule has 1 unspecified atom stereocenters. The van der Waals surface area contributed by atoms with Gasteiger partial charge >= 0.3 is 5.69 Å². The average Bonchev–Trinajstić information content (AvgIpc) is 2.59. The first kappa shape index (κ1) is 17.0. The lowest BCUT2D eigenvalue weighted by molar-refractivity contribution is -0.386. The Balaban J connectivity index is 1.80. The zero-order valence-electron chi connectivity index (χ0n) is 14.3. The van der Waals surface area contributed by atoms with Gasteiger partial charge in [-0.3, -0.25) is 14.9 Å². The monoisotopic (exact) mass is 340 g/mol. The van der Waals surface area contributed by atoms with E-state index in [1.54, 1.807) is 24.0 Å². The number of para-hydroxylation sites is 2. The molecule has 0 aliphatic carbocycles. The molecule has 0 fully saturated rings. The molecule has 6 nitrogen and oxygen atoms in total. The van der Waals surface area contributed by atoms with E-state index < -0.39 is 4.92 Å². The van der Waals surface area contributed by atoms with E-state index in [-0.39, 0.29) is 30.0 Å². The molecule has 0 aromatic heterocycles. The molecule has 0 saturated carbocycles. The second-order valence-corrected chi connectivity index (χ2v) is 6.25. The third kappa shape index (κ3) is 3.33. The van der Waals surface area contributed by atoms with Crippen LogP contribution in [0.4, 0.5) is 11.4 Å². The molecule has 3 rings (SSSR count). The SMILES string of the molecule is Cc1cccc(OCC(=O)N2c3ccccc3CCC2C)c1[N+](=O)[O-]. The minimum Gasteiger partial charge on any atom is -0.477 e. The number of nitro benzene ring substituents is 1. The summed E-state index contributed by atoms with van der Waals surface area (Å²) >= 11 is 0. The fourth-order valence-electron chi connectivity index (χ4n) is 3.26. The fraction of sp³-hybridized carbons (Fsp3) is 0.316. The summed E-state index contributed by atoms with van der Waals surface area (Å²) in [6.45, 7) is 3.42. The van der Waals surface area contributed by atoms with Crippen molar-refractivity contribution < 1.29 is 14.5 Å². The van der Waals surface area contributed by atoms with Gasteiger partial charge in [-0.05, 0) is 44.4 Å². The van der Waals surface area contributed by atoms with Crippen molar-refractivity contribution in [2.24, 2.45) is 0 Å². The van der Waals surface area contributed by atoms with E-state index in [0.717, 1.165) is 24.1 Å². The van der Waals surface area contributed by atoms with Crippen molar-refractivity contribution in [3.8, 4) is 5.75 Å². The molecule has 0 saturated heterocycles. The molecule has 2 aromatic carbocycles. The fourth-order valence-corrected chi connectivity index (χ4v) is 3.26. The number of nitro groups is 1. The minimum atomic E-state index is -0.478. The van der Waals surface area contributed by atoms with Crippen molar-refractivity contribution in [3.05, 3.63) is 63.7 Å². The molecule has 0 radical (unpaired) electrons. The van der Waals surface area contributed by atoms with E-state index in [9.17, 15) is 14.9 Å². The number of aryl methyl sites for hydroxylation is 2. The number of fused-ring (bicyclic) bond motifs is 1. The van der Waals surface area contributed by atoms with Gasteiger partial charge in [0, 0.05) is 17.3 Å². The smallest absolute Gasteiger partial charge is 0.313 e. The summed E-state index contributed by atoms with van der Waals surface area (Å²) in [4.78, 5) is 25.2. The van der Waals surface area contributed by atoms with Crippen LogP contribution < -0.4 is 9.64 Å². The average molecular weight is 340 g/mol. The largest absolute Gasteiger partial charge is 0.477 e. The van der Waals surface area contributed by atoms with Gasteiger partial charge in [0.25, 0.3) is 5.91 Å². The van der Waals surface area contributed by atoms with E-state index in [4.69, 9.17) is 4.74 Å². The van der Waals surface area contributed by atoms with E-state index in [2.05, 4.69) is 0 Å². The molecule has 1 atom stereocenters. The Morgan fingerprint density at radius 1 is 1.28 bits per heavy atom. The molecule has 6 heteroatoms. The van der Waals surface area contributed by atoms with Crippen LogP contribution in [0.1, 0.15) is 24.5 Å². The summed E-state index contributed by atoms with van der Waals surface area (Å²) in [6.07, 6.45) is 1.82. The summed E-state index contributed by atoms with van der Waals surface area (Å²) in [5.74, 6) is -0.0771. The van der Waals surface area contributed by atoms with Crippen molar-refractivity contribution in [1.29, 1.82) is 0 Å². The number of ether oxygens (including phenoxy) is 1. The molecule has 130 valence electrons. The molecule has 1 amide bonds. The highest BCUT2D eigenvalue weighted by Gasteiger charge is 2.29. The number of carbonyl (C=O) groups excluding carboxylic acids is 1. The van der Waals surface area contributed by atoms with E-state index in [1.807, 2.05) is 31.2 Å². The number of hydrogen-bond acceptors (Lipinski definition) is 4. The molecule has 1 aliphatic rings. The quantitative estimate of drug-likeness (QED) is 0.629. The van der Waals surface area contributed by atoms with Crippen molar-refractivity contribution in [2.45, 2.75) is 32.7 Å². The second kappa shape index (κ2) is 6.93. The normalized spacial score (nSPS) is 16.2. The van der Waals surface area contributed by atoms with Crippen LogP contribution in [-0.2, 0) is 11.2 Å². The van der Waals surface area contributed by atoms with Crippen LogP contribution in [0.15, 0.2) is 42.5 Å². The van der Waals surface area contributed by atoms with Gasteiger partial charge in [-0.15, -0.1) is 0 Å². The number of benzene rings is 2. The summed E-state index contributed by atoms with van der Waals surface area (Å²) in [5.41, 5.74) is 2.44. The third-order valence-electron chi connectivity index (χ3n) is 4.53. The van der Waals surface area contributed by atoms with Gasteiger partial charge in [-0.2, -0.15) is 0 Å². The van der Waals surface area contributed by atoms with Gasteiger partial charge in [0.05, 0.1) is 4.92 Å². The molecule has 1 aliphatic heterocycles. The van der Waals surface area contributed by atoms with Crippen molar-refractivity contribution in [3.63, 3.8) is 0 Å². The Morgan fingerprint density at radius 2 is 2.04 bits per heavy atom. The molecular weight excluding hydrogens is 320 g/mol. The van der Waals surface area contributed by atoms with Crippen LogP contribution in [0.5, 0.6) is 5.75 Å². The zero-order valence-corrected chi connectivity index (χ0v) is 14.3. The van der Waals surface area contributed by atoms with Crippen LogP contribution in [0.25, 0.3) is 0 Å². The van der Waals surface area contributed by atoms with Gasteiger partial charge in [0.1, 0.15) is 0 Å². The maximum atomic E-state index is 12.7. The number of amides is 1. The molecule has 0 spiro atoms. The van der Waals surface area contributed by atoms with E-state index in [1.165, 1.54) is 6.07 Å². The highest BCUT2D eigenvalue weighted by molar-refractivity contribution is 5.96.